The van der Waals surface area contributed by atoms with E-state index < -0.39 is 23.4 Å². The number of Topliss-reactive ketones (excluding diaryl/α,β-unsaturated/α-hetero) is 2. The van der Waals surface area contributed by atoms with Gasteiger partial charge in [-0.1, -0.05) is 102 Å². The molecule has 40 heavy (non-hydrogen) atoms. The Kier molecular flexibility index (Phi) is 5.39. The Hall–Kier alpha value is -4.77. The minimum Gasteiger partial charge on any atom is -0.352 e. The van der Waals surface area contributed by atoms with Gasteiger partial charge >= 0.3 is 0 Å². The van der Waals surface area contributed by atoms with E-state index in [9.17, 15) is 14.4 Å². The van der Waals surface area contributed by atoms with Crippen LogP contribution in [0.2, 0.25) is 0 Å². The van der Waals surface area contributed by atoms with E-state index in [1.165, 1.54) is 0 Å². The number of hydrogen-bond donors (Lipinski definition) is 1. The molecule has 0 bridgehead atoms. The highest BCUT2D eigenvalue weighted by Crippen LogP contribution is 2.58. The fourth-order valence-electron chi connectivity index (χ4n) is 6.97. The molecular formula is C35H28N2O3. The number of carbonyl (C=O) groups is 3. The summed E-state index contributed by atoms with van der Waals surface area (Å²) in [5, 5.41) is 3.08. The molecule has 0 aromatic heterocycles. The number of benzene rings is 4. The van der Waals surface area contributed by atoms with Gasteiger partial charge < -0.3 is 10.2 Å². The van der Waals surface area contributed by atoms with Crippen LogP contribution in [-0.4, -0.2) is 29.6 Å². The molecule has 3 aliphatic rings. The van der Waals surface area contributed by atoms with Crippen LogP contribution in [0.3, 0.4) is 0 Å². The third-order valence-electron chi connectivity index (χ3n) is 8.73. The number of nitrogens with zero attached hydrogens (tertiary/aromatic N) is 1. The summed E-state index contributed by atoms with van der Waals surface area (Å²) in [7, 11) is 0. The van der Waals surface area contributed by atoms with Crippen molar-refractivity contribution >= 4 is 34.9 Å². The highest BCUT2D eigenvalue weighted by molar-refractivity contribution is 6.18. The summed E-state index contributed by atoms with van der Waals surface area (Å²) in [5.74, 6) is -1.60. The summed E-state index contributed by atoms with van der Waals surface area (Å²) in [5.41, 5.74) is 5.09. The average Bonchev–Trinajstić information content (AvgIpc) is 3.45. The van der Waals surface area contributed by atoms with Gasteiger partial charge in [-0.05, 0) is 43.2 Å². The van der Waals surface area contributed by atoms with Gasteiger partial charge in [-0.15, -0.1) is 0 Å². The van der Waals surface area contributed by atoms with Crippen LogP contribution >= 0.6 is 0 Å². The standard InChI is InChI=1S/C35H28N2O3/c1-21-12-15-24(16-13-21)32(38)30-31(33(39)23-8-4-3-5-9-23)37-28-18-14-22(2)20-25(28)17-19-29(37)35(30)26-10-6-7-11-27(26)36-34(35)40/h3-20,29-31H,1-2H3,(H,36,40)/t29-,30-,31+,35-/m0/s1. The van der Waals surface area contributed by atoms with E-state index >= 15 is 0 Å². The fraction of sp³-hybridized carbons (Fsp3) is 0.171. The molecule has 1 spiro atoms. The van der Waals surface area contributed by atoms with Crippen LogP contribution in [0.25, 0.3) is 6.08 Å². The zero-order valence-electron chi connectivity index (χ0n) is 22.3. The molecule has 196 valence electrons. The lowest BCUT2D eigenvalue weighted by atomic mass is 9.64. The number of para-hydroxylation sites is 1. The Morgan fingerprint density at radius 3 is 2.23 bits per heavy atom. The number of hydrogen-bond acceptors (Lipinski definition) is 4. The molecule has 1 amide bonds. The molecule has 3 heterocycles. The van der Waals surface area contributed by atoms with Gasteiger partial charge in [-0.3, -0.25) is 14.4 Å². The Labute approximate surface area is 233 Å². The monoisotopic (exact) mass is 524 g/mol. The zero-order chi connectivity index (χ0) is 27.6. The smallest absolute Gasteiger partial charge is 0.238 e. The minimum absolute atomic E-state index is 0.174. The number of fused-ring (bicyclic) bond motifs is 6. The van der Waals surface area contributed by atoms with Crippen molar-refractivity contribution in [2.45, 2.75) is 31.3 Å². The van der Waals surface area contributed by atoms with Crippen LogP contribution in [0.4, 0.5) is 11.4 Å². The first-order valence-corrected chi connectivity index (χ1v) is 13.6. The van der Waals surface area contributed by atoms with Gasteiger partial charge in [0.05, 0.1) is 12.0 Å². The van der Waals surface area contributed by atoms with E-state index in [0.29, 0.717) is 16.8 Å². The topological polar surface area (TPSA) is 66.5 Å². The van der Waals surface area contributed by atoms with E-state index in [2.05, 4.69) is 11.4 Å². The number of nitrogens with one attached hydrogen (secondary N) is 1. The summed E-state index contributed by atoms with van der Waals surface area (Å²) in [6, 6.07) is 28.8. The van der Waals surface area contributed by atoms with Crippen LogP contribution in [0.1, 0.15) is 43.0 Å². The Balaban J connectivity index is 1.54. The van der Waals surface area contributed by atoms with Crippen LogP contribution < -0.4 is 10.2 Å². The molecule has 3 aliphatic heterocycles. The van der Waals surface area contributed by atoms with Gasteiger partial charge in [0.25, 0.3) is 0 Å². The van der Waals surface area contributed by atoms with E-state index in [0.717, 1.165) is 27.9 Å². The number of amides is 1. The predicted molar refractivity (Wildman–Crippen MR) is 157 cm³/mol. The van der Waals surface area contributed by atoms with Crippen molar-refractivity contribution < 1.29 is 14.4 Å². The SMILES string of the molecule is Cc1ccc(C(=O)[C@@H]2[C@H](C(=O)c3ccccc3)N3c4ccc(C)cc4C=C[C@H]3[C@]23C(=O)Nc2ccccc23)cc1. The van der Waals surface area contributed by atoms with Crippen LogP contribution in [0.5, 0.6) is 0 Å². The van der Waals surface area contributed by atoms with Gasteiger partial charge in [0, 0.05) is 22.5 Å². The fourth-order valence-corrected chi connectivity index (χ4v) is 6.97. The van der Waals surface area contributed by atoms with E-state index in [1.807, 2.05) is 97.6 Å². The molecule has 4 aromatic rings. The highest BCUT2D eigenvalue weighted by Gasteiger charge is 2.70. The van der Waals surface area contributed by atoms with Crippen LogP contribution in [0.15, 0.2) is 103 Å². The summed E-state index contributed by atoms with van der Waals surface area (Å²) in [6.07, 6.45) is 4.04. The first kappa shape index (κ1) is 24.3. The van der Waals surface area contributed by atoms with Crippen molar-refractivity contribution in [3.63, 3.8) is 0 Å². The van der Waals surface area contributed by atoms with Gasteiger partial charge in [0.1, 0.15) is 11.5 Å². The Morgan fingerprint density at radius 1 is 0.775 bits per heavy atom. The lowest BCUT2D eigenvalue weighted by Crippen LogP contribution is -2.51. The first-order chi connectivity index (χ1) is 19.4. The molecule has 0 radical (unpaired) electrons. The van der Waals surface area contributed by atoms with Gasteiger partial charge in [-0.25, -0.2) is 0 Å². The zero-order valence-corrected chi connectivity index (χ0v) is 22.3. The highest BCUT2D eigenvalue weighted by atomic mass is 16.2. The third kappa shape index (κ3) is 3.30. The lowest BCUT2D eigenvalue weighted by molar-refractivity contribution is -0.121. The molecule has 0 saturated carbocycles. The van der Waals surface area contributed by atoms with E-state index in [4.69, 9.17) is 0 Å². The first-order valence-electron chi connectivity index (χ1n) is 13.6. The van der Waals surface area contributed by atoms with Crippen molar-refractivity contribution in [1.29, 1.82) is 0 Å². The number of anilines is 2. The molecule has 7 rings (SSSR count). The van der Waals surface area contributed by atoms with E-state index in [-0.39, 0.29) is 17.5 Å². The summed E-state index contributed by atoms with van der Waals surface area (Å²) in [4.78, 5) is 45.7. The van der Waals surface area contributed by atoms with Crippen LogP contribution in [-0.2, 0) is 10.2 Å². The van der Waals surface area contributed by atoms with Gasteiger partial charge in [0.15, 0.2) is 11.6 Å². The normalized spacial score (nSPS) is 23.9. The maximum Gasteiger partial charge on any atom is 0.238 e. The van der Waals surface area contributed by atoms with Crippen molar-refractivity contribution in [2.24, 2.45) is 5.92 Å². The Morgan fingerprint density at radius 2 is 1.45 bits per heavy atom. The van der Waals surface area contributed by atoms with Crippen molar-refractivity contribution in [3.05, 3.63) is 137 Å². The molecule has 4 aromatic carbocycles. The molecular weight excluding hydrogens is 496 g/mol. The largest absolute Gasteiger partial charge is 0.352 e. The quantitative estimate of drug-likeness (QED) is 0.325. The Bertz CT molecular complexity index is 1720. The average molecular weight is 525 g/mol. The molecule has 1 fully saturated rings. The second-order valence-electron chi connectivity index (χ2n) is 11.0. The summed E-state index contributed by atoms with van der Waals surface area (Å²) < 4.78 is 0. The molecule has 0 unspecified atom stereocenters. The van der Waals surface area contributed by atoms with Crippen LogP contribution in [0, 0.1) is 19.8 Å². The number of ketones is 2. The molecule has 1 saturated heterocycles. The molecule has 5 heteroatoms. The van der Waals surface area contributed by atoms with Crippen molar-refractivity contribution in [1.82, 2.24) is 0 Å². The van der Waals surface area contributed by atoms with E-state index in [1.54, 1.807) is 24.3 Å². The molecule has 4 atom stereocenters. The second-order valence-corrected chi connectivity index (χ2v) is 11.0. The second kappa shape index (κ2) is 8.88. The summed E-state index contributed by atoms with van der Waals surface area (Å²) in [6.45, 7) is 4.00. The number of carbonyl (C=O) groups excluding carboxylic acids is 3. The molecule has 5 nitrogen and oxygen atoms in total. The number of rotatable bonds is 4. The maximum atomic E-state index is 14.7. The molecule has 0 aliphatic carbocycles. The van der Waals surface area contributed by atoms with Crippen molar-refractivity contribution in [2.75, 3.05) is 10.2 Å². The molecule has 1 N–H and O–H groups in total. The predicted octanol–water partition coefficient (Wildman–Crippen LogP) is 6.16. The summed E-state index contributed by atoms with van der Waals surface area (Å²) >= 11 is 0. The van der Waals surface area contributed by atoms with Crippen molar-refractivity contribution in [3.8, 4) is 0 Å². The minimum atomic E-state index is -1.30. The van der Waals surface area contributed by atoms with Gasteiger partial charge in [0.2, 0.25) is 5.91 Å². The lowest BCUT2D eigenvalue weighted by Gasteiger charge is -2.37. The number of aryl methyl sites for hydroxylation is 2. The third-order valence-corrected chi connectivity index (χ3v) is 8.73. The maximum absolute atomic E-state index is 14.7. The van der Waals surface area contributed by atoms with Gasteiger partial charge in [-0.2, -0.15) is 0 Å².